The molecule has 0 aliphatic rings. The molecule has 0 heterocycles. The van der Waals surface area contributed by atoms with Crippen molar-refractivity contribution in [1.29, 1.82) is 5.26 Å². The van der Waals surface area contributed by atoms with Gasteiger partial charge in [0, 0.05) is 11.0 Å². The fraction of sp³-hybridized carbons (Fsp3) is 0.900. The first-order chi connectivity index (χ1) is 6.08. The summed E-state index contributed by atoms with van der Waals surface area (Å²) in [5, 5.41) is 12.8. The van der Waals surface area contributed by atoms with Gasteiger partial charge in [0.2, 0.25) is 0 Å². The number of hydrogen-bond acceptors (Lipinski definition) is 3. The average Bonchev–Trinajstić information content (AvgIpc) is 2.15. The molecule has 0 fully saturated rings. The van der Waals surface area contributed by atoms with Crippen LogP contribution in [-0.4, -0.2) is 23.1 Å². The van der Waals surface area contributed by atoms with E-state index in [-0.39, 0.29) is 5.54 Å². The van der Waals surface area contributed by atoms with Crippen molar-refractivity contribution in [1.82, 2.24) is 5.32 Å². The highest BCUT2D eigenvalue weighted by atomic mass is 32.2. The van der Waals surface area contributed by atoms with E-state index in [9.17, 15) is 0 Å². The summed E-state index contributed by atoms with van der Waals surface area (Å²) in [7, 11) is 0. The van der Waals surface area contributed by atoms with E-state index in [0.717, 1.165) is 18.7 Å². The Morgan fingerprint density at radius 2 is 2.15 bits per heavy atom. The molecule has 0 aliphatic heterocycles. The highest BCUT2D eigenvalue weighted by Gasteiger charge is 2.22. The van der Waals surface area contributed by atoms with Crippen molar-refractivity contribution in [2.75, 3.05) is 12.3 Å². The lowest BCUT2D eigenvalue weighted by molar-refractivity contribution is 0.510. The molecule has 0 aliphatic carbocycles. The maximum atomic E-state index is 8.98. The number of nitrogens with zero attached hydrogens (tertiary/aromatic N) is 1. The van der Waals surface area contributed by atoms with Crippen molar-refractivity contribution in [2.24, 2.45) is 0 Å². The fourth-order valence-corrected chi connectivity index (χ4v) is 1.96. The van der Waals surface area contributed by atoms with Gasteiger partial charge in [-0.25, -0.2) is 0 Å². The molecule has 0 saturated carbocycles. The Labute approximate surface area is 86.1 Å². The third-order valence-electron chi connectivity index (χ3n) is 2.05. The minimum absolute atomic E-state index is 0.358. The van der Waals surface area contributed by atoms with E-state index in [1.54, 1.807) is 0 Å². The summed E-state index contributed by atoms with van der Waals surface area (Å²) in [5.41, 5.74) is -0.358. The Balaban J connectivity index is 3.92. The van der Waals surface area contributed by atoms with Gasteiger partial charge in [0.1, 0.15) is 5.54 Å². The second-order valence-electron chi connectivity index (χ2n) is 3.50. The molecule has 0 spiro atoms. The van der Waals surface area contributed by atoms with E-state index in [4.69, 9.17) is 5.26 Å². The molecule has 0 aromatic rings. The van der Waals surface area contributed by atoms with Gasteiger partial charge in [-0.1, -0.05) is 20.8 Å². The fourth-order valence-electron chi connectivity index (χ4n) is 0.940. The zero-order valence-electron chi connectivity index (χ0n) is 9.05. The van der Waals surface area contributed by atoms with Crippen molar-refractivity contribution in [3.05, 3.63) is 0 Å². The summed E-state index contributed by atoms with van der Waals surface area (Å²) in [5.74, 6) is 0.867. The highest BCUT2D eigenvalue weighted by molar-refractivity contribution is 7.99. The maximum absolute atomic E-state index is 8.98. The van der Waals surface area contributed by atoms with E-state index >= 15 is 0 Å². The molecule has 0 aromatic heterocycles. The van der Waals surface area contributed by atoms with Crippen molar-refractivity contribution in [3.8, 4) is 6.07 Å². The van der Waals surface area contributed by atoms with Gasteiger partial charge >= 0.3 is 0 Å². The van der Waals surface area contributed by atoms with Crippen molar-refractivity contribution < 1.29 is 0 Å². The Kier molecular flexibility index (Phi) is 6.19. The van der Waals surface area contributed by atoms with Crippen LogP contribution in [0, 0.1) is 11.3 Å². The molecule has 0 bridgehead atoms. The Hall–Kier alpha value is -0.200. The van der Waals surface area contributed by atoms with Crippen molar-refractivity contribution in [2.45, 2.75) is 44.9 Å². The number of nitriles is 1. The van der Waals surface area contributed by atoms with E-state index < -0.39 is 0 Å². The zero-order valence-corrected chi connectivity index (χ0v) is 9.87. The molecule has 2 nitrogen and oxygen atoms in total. The summed E-state index contributed by atoms with van der Waals surface area (Å²) in [4.78, 5) is 0. The van der Waals surface area contributed by atoms with Crippen LogP contribution in [0.25, 0.3) is 0 Å². The lowest BCUT2D eigenvalue weighted by atomic mass is 10.1. The third-order valence-corrected chi connectivity index (χ3v) is 3.69. The minimum atomic E-state index is -0.358. The molecule has 0 radical (unpaired) electrons. The van der Waals surface area contributed by atoms with Crippen LogP contribution in [0.5, 0.6) is 0 Å². The summed E-state index contributed by atoms with van der Waals surface area (Å²) >= 11 is 1.86. The first kappa shape index (κ1) is 12.8. The standard InChI is InChI=1S/C10H20N2S/c1-5-9(3)13-8-10(4,7-11)12-6-2/h9,12H,5-6,8H2,1-4H3. The van der Waals surface area contributed by atoms with Crippen LogP contribution in [0.15, 0.2) is 0 Å². The van der Waals surface area contributed by atoms with Gasteiger partial charge in [-0.2, -0.15) is 17.0 Å². The predicted molar refractivity (Wildman–Crippen MR) is 59.9 cm³/mol. The minimum Gasteiger partial charge on any atom is -0.299 e. The van der Waals surface area contributed by atoms with Crippen molar-refractivity contribution in [3.63, 3.8) is 0 Å². The number of hydrogen-bond donors (Lipinski definition) is 1. The molecule has 0 saturated heterocycles. The monoisotopic (exact) mass is 200 g/mol. The summed E-state index contributed by atoms with van der Waals surface area (Å²) < 4.78 is 0. The molecule has 0 amide bonds. The predicted octanol–water partition coefficient (Wildman–Crippen LogP) is 2.41. The molecule has 13 heavy (non-hydrogen) atoms. The lowest BCUT2D eigenvalue weighted by Gasteiger charge is -2.23. The van der Waals surface area contributed by atoms with E-state index in [1.807, 2.05) is 25.6 Å². The number of nitrogens with one attached hydrogen (secondary N) is 1. The van der Waals surface area contributed by atoms with Crippen LogP contribution < -0.4 is 5.32 Å². The molecule has 2 unspecified atom stereocenters. The summed E-state index contributed by atoms with van der Waals surface area (Å²) in [6.07, 6.45) is 1.16. The highest BCUT2D eigenvalue weighted by Crippen LogP contribution is 2.19. The quantitative estimate of drug-likeness (QED) is 0.715. The van der Waals surface area contributed by atoms with E-state index in [2.05, 4.69) is 25.2 Å². The molecular formula is C10H20N2S. The average molecular weight is 200 g/mol. The van der Waals surface area contributed by atoms with Crippen LogP contribution >= 0.6 is 11.8 Å². The molecular weight excluding hydrogens is 180 g/mol. The number of rotatable bonds is 6. The van der Waals surface area contributed by atoms with Crippen molar-refractivity contribution >= 4 is 11.8 Å². The van der Waals surface area contributed by atoms with Gasteiger partial charge in [-0.05, 0) is 19.9 Å². The van der Waals surface area contributed by atoms with Crippen LogP contribution in [0.3, 0.4) is 0 Å². The van der Waals surface area contributed by atoms with Gasteiger partial charge < -0.3 is 0 Å². The second-order valence-corrected chi connectivity index (χ2v) is 4.93. The second kappa shape index (κ2) is 6.28. The first-order valence-corrected chi connectivity index (χ1v) is 5.90. The van der Waals surface area contributed by atoms with Crippen LogP contribution in [0.1, 0.15) is 34.1 Å². The normalized spacial score (nSPS) is 17.5. The SMILES string of the molecule is CCNC(C)(C#N)CSC(C)CC. The Morgan fingerprint density at radius 1 is 1.54 bits per heavy atom. The van der Waals surface area contributed by atoms with Crippen LogP contribution in [-0.2, 0) is 0 Å². The van der Waals surface area contributed by atoms with Gasteiger partial charge in [0.15, 0.2) is 0 Å². The smallest absolute Gasteiger partial charge is 0.113 e. The topological polar surface area (TPSA) is 35.8 Å². The number of thioether (sulfide) groups is 1. The van der Waals surface area contributed by atoms with Crippen LogP contribution in [0.2, 0.25) is 0 Å². The van der Waals surface area contributed by atoms with E-state index in [1.165, 1.54) is 0 Å². The Morgan fingerprint density at radius 3 is 2.54 bits per heavy atom. The first-order valence-electron chi connectivity index (χ1n) is 4.85. The zero-order chi connectivity index (χ0) is 10.3. The molecule has 3 heteroatoms. The molecule has 0 aromatic carbocycles. The molecule has 0 rings (SSSR count). The largest absolute Gasteiger partial charge is 0.299 e. The van der Waals surface area contributed by atoms with Crippen LogP contribution in [0.4, 0.5) is 0 Å². The van der Waals surface area contributed by atoms with E-state index in [0.29, 0.717) is 5.25 Å². The summed E-state index contributed by atoms with van der Waals surface area (Å²) in [6.45, 7) is 9.23. The Bertz CT molecular complexity index is 176. The molecule has 2 atom stereocenters. The molecule has 76 valence electrons. The van der Waals surface area contributed by atoms with Gasteiger partial charge in [0.25, 0.3) is 0 Å². The van der Waals surface area contributed by atoms with Gasteiger partial charge in [-0.3, -0.25) is 5.32 Å². The van der Waals surface area contributed by atoms with Gasteiger partial charge in [0.05, 0.1) is 6.07 Å². The lowest BCUT2D eigenvalue weighted by Crippen LogP contribution is -2.43. The summed E-state index contributed by atoms with van der Waals surface area (Å²) in [6, 6.07) is 2.33. The maximum Gasteiger partial charge on any atom is 0.113 e. The molecule has 1 N–H and O–H groups in total. The van der Waals surface area contributed by atoms with Gasteiger partial charge in [-0.15, -0.1) is 0 Å². The third kappa shape index (κ3) is 5.17.